The van der Waals surface area contributed by atoms with Gasteiger partial charge in [-0.3, -0.25) is 4.79 Å². The summed E-state index contributed by atoms with van der Waals surface area (Å²) in [4.78, 5) is 19.3. The van der Waals surface area contributed by atoms with Crippen LogP contribution in [0.1, 0.15) is 22.3 Å². The SMILES string of the molecule is CNS(=O)(=O)c1ccc(C)c(CNc2nc(Nc3ccc4c(c3)CC(=O)N4)ncc2C(F)(F)F)c1. The van der Waals surface area contributed by atoms with Crippen LogP contribution >= 0.6 is 0 Å². The van der Waals surface area contributed by atoms with Crippen molar-refractivity contribution in [3.8, 4) is 0 Å². The maximum atomic E-state index is 13.6. The van der Waals surface area contributed by atoms with Crippen LogP contribution in [-0.4, -0.2) is 31.3 Å². The molecule has 0 atom stereocenters. The van der Waals surface area contributed by atoms with Crippen molar-refractivity contribution in [1.29, 1.82) is 0 Å². The first-order valence-electron chi connectivity index (χ1n) is 10.4. The minimum Gasteiger partial charge on any atom is -0.365 e. The number of nitrogens with one attached hydrogen (secondary N) is 4. The number of alkyl halides is 3. The average molecular weight is 507 g/mol. The molecule has 0 saturated heterocycles. The number of anilines is 4. The van der Waals surface area contributed by atoms with E-state index >= 15 is 0 Å². The number of nitrogens with zero attached hydrogens (tertiary/aromatic N) is 2. The summed E-state index contributed by atoms with van der Waals surface area (Å²) >= 11 is 0. The van der Waals surface area contributed by atoms with Crippen molar-refractivity contribution in [1.82, 2.24) is 14.7 Å². The molecule has 0 unspecified atom stereocenters. The van der Waals surface area contributed by atoms with E-state index in [-0.39, 0.29) is 29.7 Å². The Morgan fingerprint density at radius 1 is 1.14 bits per heavy atom. The molecule has 35 heavy (non-hydrogen) atoms. The van der Waals surface area contributed by atoms with Gasteiger partial charge in [0.15, 0.2) is 0 Å². The zero-order valence-corrected chi connectivity index (χ0v) is 19.4. The van der Waals surface area contributed by atoms with E-state index in [0.29, 0.717) is 28.7 Å². The first-order valence-corrected chi connectivity index (χ1v) is 11.9. The van der Waals surface area contributed by atoms with Crippen LogP contribution in [0.2, 0.25) is 0 Å². The predicted octanol–water partition coefficient (Wildman–Crippen LogP) is 3.56. The fourth-order valence-corrected chi connectivity index (χ4v) is 4.30. The van der Waals surface area contributed by atoms with Gasteiger partial charge < -0.3 is 16.0 Å². The lowest BCUT2D eigenvalue weighted by Crippen LogP contribution is -2.19. The number of sulfonamides is 1. The predicted molar refractivity (Wildman–Crippen MR) is 124 cm³/mol. The second-order valence-corrected chi connectivity index (χ2v) is 9.71. The highest BCUT2D eigenvalue weighted by Gasteiger charge is 2.35. The normalized spacial score (nSPS) is 13.3. The number of amides is 1. The van der Waals surface area contributed by atoms with Crippen LogP contribution in [0.15, 0.2) is 47.5 Å². The Morgan fingerprint density at radius 2 is 1.91 bits per heavy atom. The van der Waals surface area contributed by atoms with Crippen LogP contribution in [0.3, 0.4) is 0 Å². The van der Waals surface area contributed by atoms with Crippen molar-refractivity contribution < 1.29 is 26.4 Å². The van der Waals surface area contributed by atoms with Gasteiger partial charge in [-0.1, -0.05) is 6.07 Å². The van der Waals surface area contributed by atoms with Crippen LogP contribution in [0.25, 0.3) is 0 Å². The molecule has 0 aliphatic carbocycles. The highest BCUT2D eigenvalue weighted by Crippen LogP contribution is 2.35. The van der Waals surface area contributed by atoms with E-state index in [4.69, 9.17) is 0 Å². The molecular formula is C22H21F3N6O3S. The van der Waals surface area contributed by atoms with E-state index in [1.54, 1.807) is 31.2 Å². The van der Waals surface area contributed by atoms with E-state index in [9.17, 15) is 26.4 Å². The molecule has 1 amide bonds. The van der Waals surface area contributed by atoms with E-state index in [1.807, 2.05) is 0 Å². The summed E-state index contributed by atoms with van der Waals surface area (Å²) in [6, 6.07) is 9.40. The van der Waals surface area contributed by atoms with Crippen molar-refractivity contribution in [2.75, 3.05) is 23.0 Å². The summed E-state index contributed by atoms with van der Waals surface area (Å²) in [6.07, 6.45) is -3.84. The quantitative estimate of drug-likeness (QED) is 0.386. The molecule has 2 heterocycles. The number of benzene rings is 2. The smallest absolute Gasteiger partial charge is 0.365 e. The molecule has 1 aliphatic rings. The molecule has 0 radical (unpaired) electrons. The van der Waals surface area contributed by atoms with Gasteiger partial charge in [-0.25, -0.2) is 18.1 Å². The average Bonchev–Trinajstić information content (AvgIpc) is 3.17. The molecule has 0 saturated carbocycles. The number of hydrogen-bond donors (Lipinski definition) is 4. The third-order valence-corrected chi connectivity index (χ3v) is 6.84. The Morgan fingerprint density at radius 3 is 2.63 bits per heavy atom. The van der Waals surface area contributed by atoms with Crippen LogP contribution in [0.4, 0.5) is 36.3 Å². The molecule has 4 rings (SSSR count). The summed E-state index contributed by atoms with van der Waals surface area (Å²) in [6.45, 7) is 1.61. The number of halogens is 3. The van der Waals surface area contributed by atoms with Crippen LogP contribution in [0.5, 0.6) is 0 Å². The second kappa shape index (κ2) is 9.15. The topological polar surface area (TPSA) is 125 Å². The minimum atomic E-state index is -4.72. The number of aromatic nitrogens is 2. The first kappa shape index (κ1) is 24.4. The number of carbonyl (C=O) groups excluding carboxylic acids is 1. The van der Waals surface area contributed by atoms with Crippen molar-refractivity contribution in [3.05, 3.63) is 64.8 Å². The van der Waals surface area contributed by atoms with Gasteiger partial charge in [-0.2, -0.15) is 18.2 Å². The Bertz CT molecular complexity index is 1410. The molecule has 9 nitrogen and oxygen atoms in total. The minimum absolute atomic E-state index is 0.00642. The standard InChI is InChI=1S/C22H21F3N6O3S/c1-12-3-5-16(35(33,34)26-2)8-14(12)10-27-20-17(22(23,24)25)11-28-21(31-20)29-15-4-6-18-13(7-15)9-19(32)30-18/h3-8,11,26H,9-10H2,1-2H3,(H,30,32)(H2,27,28,29,31). The lowest BCUT2D eigenvalue weighted by molar-refractivity contribution is -0.137. The molecule has 0 bridgehead atoms. The van der Waals surface area contributed by atoms with Crippen molar-refractivity contribution in [2.45, 2.75) is 31.0 Å². The zero-order valence-electron chi connectivity index (χ0n) is 18.6. The lowest BCUT2D eigenvalue weighted by atomic mass is 10.1. The van der Waals surface area contributed by atoms with Gasteiger partial charge in [0.25, 0.3) is 0 Å². The van der Waals surface area contributed by atoms with E-state index in [2.05, 4.69) is 30.6 Å². The zero-order chi connectivity index (χ0) is 25.4. The summed E-state index contributed by atoms with van der Waals surface area (Å²) in [5, 5.41) is 8.22. The van der Waals surface area contributed by atoms with Gasteiger partial charge in [0.05, 0.1) is 11.3 Å². The molecule has 1 aromatic heterocycles. The first-order chi connectivity index (χ1) is 16.5. The molecule has 0 spiro atoms. The summed E-state index contributed by atoms with van der Waals surface area (Å²) in [5.74, 6) is -0.688. The van der Waals surface area contributed by atoms with Gasteiger partial charge >= 0.3 is 6.18 Å². The molecular weight excluding hydrogens is 485 g/mol. The summed E-state index contributed by atoms with van der Waals surface area (Å²) in [7, 11) is -2.45. The lowest BCUT2D eigenvalue weighted by Gasteiger charge is -2.16. The third kappa shape index (κ3) is 5.35. The maximum absolute atomic E-state index is 13.6. The Balaban J connectivity index is 1.61. The van der Waals surface area contributed by atoms with Gasteiger partial charge in [0.1, 0.15) is 11.4 Å². The molecule has 3 aromatic rings. The molecule has 4 N–H and O–H groups in total. The Hall–Kier alpha value is -3.71. The number of fused-ring (bicyclic) bond motifs is 1. The Kier molecular flexibility index (Phi) is 6.38. The van der Waals surface area contributed by atoms with Gasteiger partial charge in [-0.15, -0.1) is 0 Å². The molecule has 13 heteroatoms. The van der Waals surface area contributed by atoms with Gasteiger partial charge in [0, 0.05) is 24.1 Å². The Labute approximate surface area is 199 Å². The van der Waals surface area contributed by atoms with Crippen LogP contribution < -0.4 is 20.7 Å². The van der Waals surface area contributed by atoms with E-state index in [1.165, 1.54) is 19.2 Å². The van der Waals surface area contributed by atoms with E-state index < -0.39 is 27.6 Å². The summed E-state index contributed by atoms with van der Waals surface area (Å²) in [5.41, 5.74) is 2.04. The van der Waals surface area contributed by atoms with E-state index in [0.717, 1.165) is 5.56 Å². The van der Waals surface area contributed by atoms with Crippen LogP contribution in [-0.2, 0) is 34.0 Å². The van der Waals surface area contributed by atoms with Gasteiger partial charge in [0.2, 0.25) is 21.9 Å². The molecule has 0 fully saturated rings. The number of aryl methyl sites for hydroxylation is 1. The second-order valence-electron chi connectivity index (χ2n) is 7.82. The molecule has 1 aliphatic heterocycles. The number of carbonyl (C=O) groups is 1. The summed E-state index contributed by atoms with van der Waals surface area (Å²) < 4.78 is 67.2. The number of rotatable bonds is 7. The van der Waals surface area contributed by atoms with Gasteiger partial charge in [-0.05, 0) is 61.0 Å². The fraction of sp³-hybridized carbons (Fsp3) is 0.227. The molecule has 184 valence electrons. The monoisotopic (exact) mass is 506 g/mol. The number of hydrogen-bond acceptors (Lipinski definition) is 7. The van der Waals surface area contributed by atoms with Crippen molar-refractivity contribution >= 4 is 39.1 Å². The fourth-order valence-electron chi connectivity index (χ4n) is 3.52. The highest BCUT2D eigenvalue weighted by molar-refractivity contribution is 7.89. The van der Waals surface area contributed by atoms with Crippen LogP contribution in [0, 0.1) is 6.92 Å². The largest absolute Gasteiger partial charge is 0.421 e. The van der Waals surface area contributed by atoms with Crippen molar-refractivity contribution in [3.63, 3.8) is 0 Å². The third-order valence-electron chi connectivity index (χ3n) is 5.43. The molecule has 2 aromatic carbocycles. The van der Waals surface area contributed by atoms with Crippen molar-refractivity contribution in [2.24, 2.45) is 0 Å². The highest BCUT2D eigenvalue weighted by atomic mass is 32.2. The maximum Gasteiger partial charge on any atom is 0.421 e.